The lowest BCUT2D eigenvalue weighted by Crippen LogP contribution is -2.28. The number of carbonyl (C=O) groups is 1. The molecule has 0 saturated heterocycles. The van der Waals surface area contributed by atoms with Crippen molar-refractivity contribution in [3.8, 4) is 0 Å². The molecule has 1 heterocycles. The molecule has 130 valence electrons. The molecule has 24 heavy (non-hydrogen) atoms. The zero-order valence-electron chi connectivity index (χ0n) is 13.6. The van der Waals surface area contributed by atoms with Gasteiger partial charge in [-0.05, 0) is 36.4 Å². The van der Waals surface area contributed by atoms with Crippen LogP contribution in [0.4, 0.5) is 0 Å². The van der Waals surface area contributed by atoms with Crippen LogP contribution in [0.25, 0.3) is 0 Å². The standard InChI is InChI=1S/C16H20N2O5S/c1-18(12-14-4-3-10-23-14)16(19)13-5-7-15(8-6-13)24(20,21)17-9-11-22-2/h3-8,10,17H,9,11-12H2,1-2H3. The summed E-state index contributed by atoms with van der Waals surface area (Å²) in [5, 5.41) is 0. The van der Waals surface area contributed by atoms with E-state index in [1.807, 2.05) is 0 Å². The van der Waals surface area contributed by atoms with E-state index in [1.165, 1.54) is 36.3 Å². The van der Waals surface area contributed by atoms with Crippen molar-refractivity contribution < 1.29 is 22.4 Å². The van der Waals surface area contributed by atoms with E-state index in [-0.39, 0.29) is 24.0 Å². The number of benzene rings is 1. The minimum absolute atomic E-state index is 0.101. The Morgan fingerprint density at radius 2 is 1.96 bits per heavy atom. The van der Waals surface area contributed by atoms with Gasteiger partial charge in [-0.25, -0.2) is 13.1 Å². The molecule has 1 aromatic carbocycles. The molecule has 0 fully saturated rings. The molecule has 2 rings (SSSR count). The number of amides is 1. The van der Waals surface area contributed by atoms with Gasteiger partial charge in [0.2, 0.25) is 10.0 Å². The zero-order chi connectivity index (χ0) is 17.6. The number of ether oxygens (including phenoxy) is 1. The average molecular weight is 352 g/mol. The van der Waals surface area contributed by atoms with Crippen LogP contribution in [-0.2, 0) is 21.3 Å². The van der Waals surface area contributed by atoms with Crippen LogP contribution in [0.15, 0.2) is 52.0 Å². The fraction of sp³-hybridized carbons (Fsp3) is 0.312. The van der Waals surface area contributed by atoms with E-state index in [9.17, 15) is 13.2 Å². The van der Waals surface area contributed by atoms with Crippen LogP contribution in [-0.4, -0.2) is 46.5 Å². The SMILES string of the molecule is COCCNS(=O)(=O)c1ccc(C(=O)N(C)Cc2ccco2)cc1. The first-order valence-corrected chi connectivity index (χ1v) is 8.79. The first-order valence-electron chi connectivity index (χ1n) is 7.30. The maximum atomic E-state index is 12.3. The van der Waals surface area contributed by atoms with Gasteiger partial charge in [-0.1, -0.05) is 0 Å². The summed E-state index contributed by atoms with van der Waals surface area (Å²) in [5.41, 5.74) is 0.403. The number of hydrogen-bond acceptors (Lipinski definition) is 5. The van der Waals surface area contributed by atoms with Crippen molar-refractivity contribution in [2.24, 2.45) is 0 Å². The second kappa shape index (κ2) is 8.09. The Balaban J connectivity index is 2.04. The molecular formula is C16H20N2O5S. The Morgan fingerprint density at radius 3 is 2.54 bits per heavy atom. The second-order valence-corrected chi connectivity index (χ2v) is 6.92. The molecule has 0 radical (unpaired) electrons. The topological polar surface area (TPSA) is 88.8 Å². The Morgan fingerprint density at radius 1 is 1.25 bits per heavy atom. The van der Waals surface area contributed by atoms with Crippen molar-refractivity contribution in [1.29, 1.82) is 0 Å². The van der Waals surface area contributed by atoms with Crippen molar-refractivity contribution in [2.75, 3.05) is 27.3 Å². The van der Waals surface area contributed by atoms with Gasteiger partial charge >= 0.3 is 0 Å². The average Bonchev–Trinajstić information content (AvgIpc) is 3.07. The quantitative estimate of drug-likeness (QED) is 0.727. The number of carbonyl (C=O) groups excluding carboxylic acids is 1. The molecule has 0 saturated carbocycles. The molecule has 0 unspecified atom stereocenters. The first-order chi connectivity index (χ1) is 11.4. The third kappa shape index (κ3) is 4.67. The van der Waals surface area contributed by atoms with Crippen LogP contribution in [0.1, 0.15) is 16.1 Å². The molecule has 1 N–H and O–H groups in total. The first kappa shape index (κ1) is 18.2. The van der Waals surface area contributed by atoms with E-state index in [2.05, 4.69) is 4.72 Å². The van der Waals surface area contributed by atoms with Gasteiger partial charge in [0.05, 0.1) is 24.3 Å². The summed E-state index contributed by atoms with van der Waals surface area (Å²) in [5.74, 6) is 0.454. The molecule has 0 aliphatic carbocycles. The molecule has 0 aliphatic heterocycles. The second-order valence-electron chi connectivity index (χ2n) is 5.16. The Hall–Kier alpha value is -2.16. The normalized spacial score (nSPS) is 11.4. The summed E-state index contributed by atoms with van der Waals surface area (Å²) in [7, 11) is -0.458. The molecule has 0 aliphatic rings. The molecule has 7 nitrogen and oxygen atoms in total. The minimum atomic E-state index is -3.61. The minimum Gasteiger partial charge on any atom is -0.467 e. The molecule has 0 atom stereocenters. The summed E-state index contributed by atoms with van der Waals surface area (Å²) in [6, 6.07) is 9.33. The largest absolute Gasteiger partial charge is 0.467 e. The summed E-state index contributed by atoms with van der Waals surface area (Å²) in [4.78, 5) is 13.9. The lowest BCUT2D eigenvalue weighted by Gasteiger charge is -2.16. The number of sulfonamides is 1. The van der Waals surface area contributed by atoms with E-state index in [0.717, 1.165) is 0 Å². The summed E-state index contributed by atoms with van der Waals surface area (Å²) in [6.45, 7) is 0.809. The number of methoxy groups -OCH3 is 1. The van der Waals surface area contributed by atoms with Gasteiger partial charge in [0.1, 0.15) is 5.76 Å². The van der Waals surface area contributed by atoms with E-state index in [1.54, 1.807) is 25.4 Å². The Bertz CT molecular complexity index is 754. The fourth-order valence-corrected chi connectivity index (χ4v) is 3.08. The van der Waals surface area contributed by atoms with Crippen molar-refractivity contribution in [3.05, 3.63) is 54.0 Å². The Labute approximate surface area is 141 Å². The smallest absolute Gasteiger partial charge is 0.254 e. The van der Waals surface area contributed by atoms with Crippen LogP contribution >= 0.6 is 0 Å². The molecule has 8 heteroatoms. The Kier molecular flexibility index (Phi) is 6.13. The highest BCUT2D eigenvalue weighted by atomic mass is 32.2. The van der Waals surface area contributed by atoms with Crippen LogP contribution in [0.3, 0.4) is 0 Å². The molecular weight excluding hydrogens is 332 g/mol. The van der Waals surface area contributed by atoms with Crippen LogP contribution in [0.2, 0.25) is 0 Å². The van der Waals surface area contributed by atoms with Gasteiger partial charge in [-0.15, -0.1) is 0 Å². The highest BCUT2D eigenvalue weighted by Gasteiger charge is 2.16. The van der Waals surface area contributed by atoms with Gasteiger partial charge in [0, 0.05) is 26.3 Å². The fourth-order valence-electron chi connectivity index (χ4n) is 2.07. The van der Waals surface area contributed by atoms with E-state index < -0.39 is 10.0 Å². The van der Waals surface area contributed by atoms with Gasteiger partial charge in [-0.3, -0.25) is 4.79 Å². The van der Waals surface area contributed by atoms with Crippen molar-refractivity contribution in [1.82, 2.24) is 9.62 Å². The van der Waals surface area contributed by atoms with Gasteiger partial charge < -0.3 is 14.1 Å². The van der Waals surface area contributed by atoms with E-state index in [4.69, 9.17) is 9.15 Å². The van der Waals surface area contributed by atoms with Crippen LogP contribution < -0.4 is 4.72 Å². The van der Waals surface area contributed by atoms with E-state index >= 15 is 0 Å². The summed E-state index contributed by atoms with van der Waals surface area (Å²) in [6.07, 6.45) is 1.55. The summed E-state index contributed by atoms with van der Waals surface area (Å²) < 4.78 is 36.6. The van der Waals surface area contributed by atoms with Crippen LogP contribution in [0, 0.1) is 0 Å². The van der Waals surface area contributed by atoms with Crippen LogP contribution in [0.5, 0.6) is 0 Å². The predicted molar refractivity (Wildman–Crippen MR) is 88.0 cm³/mol. The maximum absolute atomic E-state index is 12.3. The van der Waals surface area contributed by atoms with Gasteiger partial charge in [-0.2, -0.15) is 0 Å². The zero-order valence-corrected chi connectivity index (χ0v) is 14.4. The number of rotatable bonds is 8. The predicted octanol–water partition coefficient (Wildman–Crippen LogP) is 1.48. The lowest BCUT2D eigenvalue weighted by molar-refractivity contribution is 0.0775. The molecule has 0 bridgehead atoms. The molecule has 2 aromatic rings. The lowest BCUT2D eigenvalue weighted by atomic mass is 10.2. The number of furan rings is 1. The number of nitrogens with one attached hydrogen (secondary N) is 1. The van der Waals surface area contributed by atoms with Crippen molar-refractivity contribution in [3.63, 3.8) is 0 Å². The third-order valence-electron chi connectivity index (χ3n) is 3.33. The van der Waals surface area contributed by atoms with Gasteiger partial charge in [0.15, 0.2) is 0 Å². The van der Waals surface area contributed by atoms with Crippen molar-refractivity contribution in [2.45, 2.75) is 11.4 Å². The van der Waals surface area contributed by atoms with Crippen molar-refractivity contribution >= 4 is 15.9 Å². The number of hydrogen-bond donors (Lipinski definition) is 1. The number of nitrogens with zero attached hydrogens (tertiary/aromatic N) is 1. The molecule has 0 spiro atoms. The molecule has 1 aromatic heterocycles. The highest BCUT2D eigenvalue weighted by molar-refractivity contribution is 7.89. The maximum Gasteiger partial charge on any atom is 0.254 e. The molecule has 1 amide bonds. The van der Waals surface area contributed by atoms with E-state index in [0.29, 0.717) is 17.9 Å². The third-order valence-corrected chi connectivity index (χ3v) is 4.81. The van der Waals surface area contributed by atoms with Gasteiger partial charge in [0.25, 0.3) is 5.91 Å². The monoisotopic (exact) mass is 352 g/mol. The highest BCUT2D eigenvalue weighted by Crippen LogP contribution is 2.13. The summed E-state index contributed by atoms with van der Waals surface area (Å²) >= 11 is 0.